The van der Waals surface area contributed by atoms with Gasteiger partial charge in [-0.3, -0.25) is 0 Å². The molecule has 0 amide bonds. The van der Waals surface area contributed by atoms with Crippen molar-refractivity contribution in [1.29, 1.82) is 0 Å². The number of carbonyl (C=O) groups excluding carboxylic acids is 4. The molecule has 0 aliphatic heterocycles. The van der Waals surface area contributed by atoms with Gasteiger partial charge in [0.25, 0.3) is 0 Å². The Kier molecular flexibility index (Phi) is 9.09. The van der Waals surface area contributed by atoms with Crippen LogP contribution in [0, 0.1) is 6.92 Å². The van der Waals surface area contributed by atoms with E-state index in [1.807, 2.05) is 0 Å². The minimum Gasteiger partial charge on any atom is -0.457 e. The summed E-state index contributed by atoms with van der Waals surface area (Å²) in [6, 6.07) is 15.8. The number of ether oxygens (including phenoxy) is 5. The van der Waals surface area contributed by atoms with Gasteiger partial charge in [0.2, 0.25) is 12.6 Å². The Hall–Kier alpha value is -5.25. The first-order valence-corrected chi connectivity index (χ1v) is 10.9. The summed E-state index contributed by atoms with van der Waals surface area (Å²) in [4.78, 5) is 47.2. The second kappa shape index (κ2) is 12.6. The molecule has 0 aromatic heterocycles. The van der Waals surface area contributed by atoms with Crippen LogP contribution < -0.4 is 18.9 Å². The monoisotopic (exact) mass is 520 g/mol. The molecule has 0 aliphatic rings. The predicted octanol–water partition coefficient (Wildman–Crippen LogP) is 4.89. The number of carbonyl (C=O) groups is 4. The summed E-state index contributed by atoms with van der Waals surface area (Å²) < 4.78 is 38.2. The molecule has 194 valence electrons. The van der Waals surface area contributed by atoms with E-state index in [4.69, 9.17) is 23.7 Å². The lowest BCUT2D eigenvalue weighted by Crippen LogP contribution is -2.11. The Bertz CT molecular complexity index is 1380. The lowest BCUT2D eigenvalue weighted by atomic mass is 10.2. The van der Waals surface area contributed by atoms with Crippen LogP contribution in [0.3, 0.4) is 0 Å². The minimum absolute atomic E-state index is 0.0314. The van der Waals surface area contributed by atoms with Gasteiger partial charge < -0.3 is 23.7 Å². The maximum Gasteiger partial charge on any atom is 0.371 e. The van der Waals surface area contributed by atoms with Gasteiger partial charge in [-0.05, 0) is 79.2 Å². The number of rotatable bonds is 10. The minimum atomic E-state index is -1.24. The van der Waals surface area contributed by atoms with Crippen LogP contribution in [0.5, 0.6) is 23.0 Å². The second-order valence-electron chi connectivity index (χ2n) is 7.48. The first kappa shape index (κ1) is 27.3. The van der Waals surface area contributed by atoms with Crippen molar-refractivity contribution in [3.63, 3.8) is 0 Å². The molecule has 10 heteroatoms. The Morgan fingerprint density at radius 1 is 0.789 bits per heavy atom. The van der Waals surface area contributed by atoms with E-state index in [0.717, 1.165) is 6.08 Å². The van der Waals surface area contributed by atoms with Crippen LogP contribution in [0.1, 0.15) is 26.3 Å². The normalized spacial score (nSPS) is 10.1. The standard InChI is InChI=1S/C28H21FO9/c1-4-25(30)35-16-34-21-9-5-19(6-10-21)27(32)37-23-13-14-24(17(2)15-23)38-28(33)20-7-11-22(12-8-20)36-26(31)18(3)29/h4-15H,1,3,16H2,2H3. The van der Waals surface area contributed by atoms with Crippen molar-refractivity contribution in [2.45, 2.75) is 6.92 Å². The number of hydrogen-bond donors (Lipinski definition) is 0. The van der Waals surface area contributed by atoms with Gasteiger partial charge in [0.1, 0.15) is 23.0 Å². The van der Waals surface area contributed by atoms with Gasteiger partial charge in [0.15, 0.2) is 0 Å². The van der Waals surface area contributed by atoms with Crippen molar-refractivity contribution in [2.24, 2.45) is 0 Å². The van der Waals surface area contributed by atoms with E-state index >= 15 is 0 Å². The number of aryl methyl sites for hydroxylation is 1. The molecule has 38 heavy (non-hydrogen) atoms. The van der Waals surface area contributed by atoms with Crippen LogP contribution in [0.15, 0.2) is 91.8 Å². The summed E-state index contributed by atoms with van der Waals surface area (Å²) in [7, 11) is 0. The maximum absolute atomic E-state index is 12.7. The Labute approximate surface area is 216 Å². The molecule has 0 radical (unpaired) electrons. The van der Waals surface area contributed by atoms with Gasteiger partial charge in [0.05, 0.1) is 11.1 Å². The fourth-order valence-corrected chi connectivity index (χ4v) is 2.85. The molecule has 0 N–H and O–H groups in total. The molecule has 0 spiro atoms. The number of benzene rings is 3. The number of esters is 4. The maximum atomic E-state index is 12.7. The zero-order valence-electron chi connectivity index (χ0n) is 20.1. The van der Waals surface area contributed by atoms with E-state index in [9.17, 15) is 23.6 Å². The molecule has 0 saturated heterocycles. The first-order chi connectivity index (χ1) is 18.2. The van der Waals surface area contributed by atoms with E-state index in [-0.39, 0.29) is 35.2 Å². The van der Waals surface area contributed by atoms with Gasteiger partial charge >= 0.3 is 23.9 Å². The third-order valence-corrected chi connectivity index (χ3v) is 4.77. The molecule has 0 fully saturated rings. The molecule has 0 saturated carbocycles. The van der Waals surface area contributed by atoms with Crippen molar-refractivity contribution >= 4 is 23.9 Å². The van der Waals surface area contributed by atoms with Gasteiger partial charge in [0, 0.05) is 6.08 Å². The van der Waals surface area contributed by atoms with Crippen molar-refractivity contribution in [3.8, 4) is 23.0 Å². The summed E-state index contributed by atoms with van der Waals surface area (Å²) in [5.74, 6) is -3.55. The molecule has 3 aromatic rings. The average Bonchev–Trinajstić information content (AvgIpc) is 2.90. The Balaban J connectivity index is 1.56. The highest BCUT2D eigenvalue weighted by Gasteiger charge is 2.15. The molecule has 0 bridgehead atoms. The summed E-state index contributed by atoms with van der Waals surface area (Å²) in [6.45, 7) is 7.48. The van der Waals surface area contributed by atoms with Gasteiger partial charge in [-0.1, -0.05) is 13.2 Å². The Morgan fingerprint density at radius 3 is 1.89 bits per heavy atom. The summed E-state index contributed by atoms with van der Waals surface area (Å²) in [5.41, 5.74) is 0.928. The Morgan fingerprint density at radius 2 is 1.34 bits per heavy atom. The highest BCUT2D eigenvalue weighted by Crippen LogP contribution is 2.26. The zero-order chi connectivity index (χ0) is 27.7. The van der Waals surface area contributed by atoms with E-state index in [0.29, 0.717) is 11.3 Å². The van der Waals surface area contributed by atoms with Crippen LogP contribution in [0.25, 0.3) is 0 Å². The van der Waals surface area contributed by atoms with Crippen LogP contribution in [-0.4, -0.2) is 30.7 Å². The van der Waals surface area contributed by atoms with E-state index in [1.165, 1.54) is 66.7 Å². The summed E-state index contributed by atoms with van der Waals surface area (Å²) in [6.07, 6.45) is 1.01. The van der Waals surface area contributed by atoms with Gasteiger partial charge in [-0.25, -0.2) is 19.2 Å². The number of hydrogen-bond acceptors (Lipinski definition) is 9. The third-order valence-electron chi connectivity index (χ3n) is 4.77. The molecule has 0 atom stereocenters. The van der Waals surface area contributed by atoms with Crippen LogP contribution in [0.2, 0.25) is 0 Å². The lowest BCUT2D eigenvalue weighted by Gasteiger charge is -2.11. The molecule has 0 unspecified atom stereocenters. The smallest absolute Gasteiger partial charge is 0.371 e. The summed E-state index contributed by atoms with van der Waals surface area (Å²) in [5, 5.41) is 0. The van der Waals surface area contributed by atoms with Gasteiger partial charge in [-0.15, -0.1) is 0 Å². The zero-order valence-corrected chi connectivity index (χ0v) is 20.1. The average molecular weight is 520 g/mol. The SMILES string of the molecule is C=CC(=O)OCOc1ccc(C(=O)Oc2ccc(OC(=O)c3ccc(OC(=O)C(=C)F)cc3)c(C)c2)cc1. The first-order valence-electron chi connectivity index (χ1n) is 10.9. The largest absolute Gasteiger partial charge is 0.457 e. The second-order valence-corrected chi connectivity index (χ2v) is 7.48. The lowest BCUT2D eigenvalue weighted by molar-refractivity contribution is -0.144. The van der Waals surface area contributed by atoms with Crippen LogP contribution in [-0.2, 0) is 14.3 Å². The fourth-order valence-electron chi connectivity index (χ4n) is 2.85. The van der Waals surface area contributed by atoms with Crippen molar-refractivity contribution in [2.75, 3.05) is 6.79 Å². The van der Waals surface area contributed by atoms with Crippen LogP contribution in [0.4, 0.5) is 4.39 Å². The molecular weight excluding hydrogens is 499 g/mol. The molecule has 0 aliphatic carbocycles. The van der Waals surface area contributed by atoms with Crippen molar-refractivity contribution < 1.29 is 47.3 Å². The van der Waals surface area contributed by atoms with E-state index < -0.39 is 29.7 Å². The quantitative estimate of drug-likeness (QED) is 0.160. The molecule has 3 aromatic carbocycles. The molecule has 0 heterocycles. The third kappa shape index (κ3) is 7.62. The van der Waals surface area contributed by atoms with Crippen molar-refractivity contribution in [1.82, 2.24) is 0 Å². The fraction of sp³-hybridized carbons (Fsp3) is 0.0714. The van der Waals surface area contributed by atoms with Gasteiger partial charge in [-0.2, -0.15) is 4.39 Å². The highest BCUT2D eigenvalue weighted by atomic mass is 19.1. The molecule has 3 rings (SSSR count). The molecular formula is C28H21FO9. The number of halogens is 1. The predicted molar refractivity (Wildman–Crippen MR) is 132 cm³/mol. The summed E-state index contributed by atoms with van der Waals surface area (Å²) >= 11 is 0. The van der Waals surface area contributed by atoms with E-state index in [1.54, 1.807) is 6.92 Å². The van der Waals surface area contributed by atoms with Crippen molar-refractivity contribution in [3.05, 3.63) is 108 Å². The highest BCUT2D eigenvalue weighted by molar-refractivity contribution is 5.92. The molecule has 9 nitrogen and oxygen atoms in total. The van der Waals surface area contributed by atoms with E-state index in [2.05, 4.69) is 13.2 Å². The van der Waals surface area contributed by atoms with Crippen LogP contribution >= 0.6 is 0 Å². The topological polar surface area (TPSA) is 114 Å².